The zero-order valence-electron chi connectivity index (χ0n) is 21.0. The highest BCUT2D eigenvalue weighted by Gasteiger charge is 2.07. The van der Waals surface area contributed by atoms with Gasteiger partial charge in [0.05, 0.1) is 13.2 Å². The Kier molecular flexibility index (Phi) is 34.0. The van der Waals surface area contributed by atoms with Crippen LogP contribution in [0, 0.1) is 0 Å². The number of likely N-dealkylation sites (tertiary alicyclic amines) is 2. The van der Waals surface area contributed by atoms with E-state index in [0.717, 1.165) is 26.3 Å². The number of hydrogen-bond acceptors (Lipinski definition) is 4. The average molecular weight is 426 g/mol. The molecule has 3 rings (SSSR count). The van der Waals surface area contributed by atoms with Crippen LogP contribution in [0.5, 0.6) is 0 Å². The Morgan fingerprint density at radius 1 is 0.467 bits per heavy atom. The van der Waals surface area contributed by atoms with Gasteiger partial charge in [0.1, 0.15) is 0 Å². The topological polar surface area (TPSA) is 19.0 Å². The fraction of sp³-hybridized carbons (Fsp3) is 0.769. The Morgan fingerprint density at radius 2 is 0.733 bits per heavy atom. The third-order valence-corrected chi connectivity index (χ3v) is 5.34. The van der Waals surface area contributed by atoms with Crippen molar-refractivity contribution in [2.75, 3.05) is 72.1 Å². The monoisotopic (exact) mass is 425 g/mol. The number of morpholine rings is 1. The largest absolute Gasteiger partial charge is 0.379 e. The molecule has 0 atom stereocenters. The molecule has 0 unspecified atom stereocenters. The van der Waals surface area contributed by atoms with Gasteiger partial charge < -0.3 is 14.5 Å². The second-order valence-corrected chi connectivity index (χ2v) is 7.04. The first-order valence-electron chi connectivity index (χ1n) is 12.0. The van der Waals surface area contributed by atoms with Gasteiger partial charge in [-0.15, -0.1) is 39.5 Å². The summed E-state index contributed by atoms with van der Waals surface area (Å²) in [5.74, 6) is 0. The molecule has 3 aliphatic rings. The molecule has 30 heavy (non-hydrogen) atoms. The molecular weight excluding hydrogens is 370 g/mol. The first kappa shape index (κ1) is 33.7. The van der Waals surface area contributed by atoms with Gasteiger partial charge in [0, 0.05) is 13.1 Å². The van der Waals surface area contributed by atoms with Crippen LogP contribution in [-0.4, -0.2) is 86.8 Å². The Bertz CT molecular complexity index is 249. The Balaban J connectivity index is -0.000000323. The van der Waals surface area contributed by atoms with Crippen LogP contribution in [-0.2, 0) is 4.74 Å². The van der Waals surface area contributed by atoms with Crippen LogP contribution in [0.3, 0.4) is 0 Å². The summed E-state index contributed by atoms with van der Waals surface area (Å²) in [6.07, 6.45) is 8.61. The van der Waals surface area contributed by atoms with Gasteiger partial charge in [0.25, 0.3) is 0 Å². The predicted molar refractivity (Wildman–Crippen MR) is 139 cm³/mol. The molecular formula is C26H55N3O. The van der Waals surface area contributed by atoms with E-state index in [0.29, 0.717) is 0 Å². The zero-order chi connectivity index (χ0) is 23.5. The van der Waals surface area contributed by atoms with Gasteiger partial charge in [-0.05, 0) is 71.5 Å². The van der Waals surface area contributed by atoms with Gasteiger partial charge in [-0.1, -0.05) is 33.6 Å². The van der Waals surface area contributed by atoms with E-state index in [1.54, 1.807) is 0 Å². The van der Waals surface area contributed by atoms with Crippen LogP contribution in [0.1, 0.15) is 59.3 Å². The SMILES string of the molecule is C=C.C=C.C=C.CCN1CCCCC1.CCN1CCCCC1.CCN1CCOCC1. The fourth-order valence-corrected chi connectivity index (χ4v) is 3.47. The highest BCUT2D eigenvalue weighted by Crippen LogP contribution is 2.07. The van der Waals surface area contributed by atoms with Crippen molar-refractivity contribution in [3.63, 3.8) is 0 Å². The highest BCUT2D eigenvalue weighted by atomic mass is 16.5. The number of hydrogen-bond donors (Lipinski definition) is 0. The summed E-state index contributed by atoms with van der Waals surface area (Å²) in [6, 6.07) is 0. The fourth-order valence-electron chi connectivity index (χ4n) is 3.47. The number of ether oxygens (including phenoxy) is 1. The van der Waals surface area contributed by atoms with Crippen molar-refractivity contribution in [2.45, 2.75) is 59.3 Å². The van der Waals surface area contributed by atoms with Crippen LogP contribution in [0.15, 0.2) is 39.5 Å². The molecule has 4 nitrogen and oxygen atoms in total. The van der Waals surface area contributed by atoms with Crippen LogP contribution in [0.4, 0.5) is 0 Å². The molecule has 0 aromatic rings. The van der Waals surface area contributed by atoms with E-state index in [1.807, 2.05) is 0 Å². The quantitative estimate of drug-likeness (QED) is 0.537. The molecule has 0 saturated carbocycles. The molecule has 0 aromatic heterocycles. The highest BCUT2D eigenvalue weighted by molar-refractivity contribution is 4.62. The molecule has 3 heterocycles. The Hall–Kier alpha value is -0.940. The lowest BCUT2D eigenvalue weighted by atomic mass is 10.1. The Morgan fingerprint density at radius 3 is 0.933 bits per heavy atom. The summed E-state index contributed by atoms with van der Waals surface area (Å²) in [4.78, 5) is 7.43. The minimum atomic E-state index is 0.924. The van der Waals surface area contributed by atoms with E-state index in [-0.39, 0.29) is 0 Å². The molecule has 4 heteroatoms. The summed E-state index contributed by atoms with van der Waals surface area (Å²) in [7, 11) is 0. The van der Waals surface area contributed by atoms with Crippen LogP contribution < -0.4 is 0 Å². The number of nitrogens with zero attached hydrogens (tertiary/aromatic N) is 3. The summed E-state index contributed by atoms with van der Waals surface area (Å²) >= 11 is 0. The molecule has 0 amide bonds. The van der Waals surface area contributed by atoms with E-state index >= 15 is 0 Å². The maximum atomic E-state index is 5.16. The minimum absolute atomic E-state index is 0.924. The molecule has 0 bridgehead atoms. The molecule has 0 aliphatic carbocycles. The number of piperidine rings is 2. The maximum absolute atomic E-state index is 5.16. The molecule has 0 radical (unpaired) electrons. The van der Waals surface area contributed by atoms with E-state index < -0.39 is 0 Å². The van der Waals surface area contributed by atoms with E-state index in [2.05, 4.69) is 74.9 Å². The first-order valence-corrected chi connectivity index (χ1v) is 12.0. The zero-order valence-corrected chi connectivity index (χ0v) is 21.0. The van der Waals surface area contributed by atoms with Crippen molar-refractivity contribution in [3.8, 4) is 0 Å². The second-order valence-electron chi connectivity index (χ2n) is 7.04. The molecule has 3 aliphatic heterocycles. The van der Waals surface area contributed by atoms with Crippen molar-refractivity contribution in [3.05, 3.63) is 39.5 Å². The van der Waals surface area contributed by atoms with E-state index in [1.165, 1.54) is 84.3 Å². The van der Waals surface area contributed by atoms with Gasteiger partial charge >= 0.3 is 0 Å². The molecule has 0 spiro atoms. The average Bonchev–Trinajstić information content (AvgIpc) is 2.90. The smallest absolute Gasteiger partial charge is 0.0594 e. The minimum Gasteiger partial charge on any atom is -0.379 e. The van der Waals surface area contributed by atoms with E-state index in [4.69, 9.17) is 4.74 Å². The van der Waals surface area contributed by atoms with Crippen LogP contribution >= 0.6 is 0 Å². The molecule has 3 saturated heterocycles. The van der Waals surface area contributed by atoms with Crippen LogP contribution in [0.25, 0.3) is 0 Å². The van der Waals surface area contributed by atoms with Gasteiger partial charge in [-0.25, -0.2) is 0 Å². The second kappa shape index (κ2) is 30.3. The Labute approximate surface area is 190 Å². The molecule has 3 fully saturated rings. The van der Waals surface area contributed by atoms with Gasteiger partial charge in [-0.3, -0.25) is 4.90 Å². The number of likely N-dealkylation sites (N-methyl/N-ethyl adjacent to an activating group) is 1. The summed E-state index contributed by atoms with van der Waals surface area (Å²) < 4.78 is 5.16. The van der Waals surface area contributed by atoms with Crippen LogP contribution in [0.2, 0.25) is 0 Å². The lowest BCUT2D eigenvalue weighted by Gasteiger charge is -2.24. The summed E-state index contributed by atoms with van der Waals surface area (Å²) in [5, 5.41) is 0. The lowest BCUT2D eigenvalue weighted by Crippen LogP contribution is -2.35. The van der Waals surface area contributed by atoms with Crippen molar-refractivity contribution in [1.29, 1.82) is 0 Å². The third-order valence-electron chi connectivity index (χ3n) is 5.34. The van der Waals surface area contributed by atoms with Gasteiger partial charge in [0.2, 0.25) is 0 Å². The normalized spacial score (nSPS) is 19.3. The van der Waals surface area contributed by atoms with Crippen molar-refractivity contribution in [1.82, 2.24) is 14.7 Å². The molecule has 0 N–H and O–H groups in total. The standard InChI is InChI=1S/2C7H15N.C6H13NO.3C2H4/c2*1-2-8-6-4-3-5-7-8;1-2-7-3-5-8-6-4-7;3*1-2/h2*2-7H2,1H3;2-6H2,1H3;3*1-2H2. The first-order chi connectivity index (χ1) is 14.8. The van der Waals surface area contributed by atoms with Crippen molar-refractivity contribution in [2.24, 2.45) is 0 Å². The van der Waals surface area contributed by atoms with E-state index in [9.17, 15) is 0 Å². The third kappa shape index (κ3) is 21.8. The van der Waals surface area contributed by atoms with Gasteiger partial charge in [-0.2, -0.15) is 0 Å². The molecule has 0 aromatic carbocycles. The lowest BCUT2D eigenvalue weighted by molar-refractivity contribution is 0.0405. The predicted octanol–water partition coefficient (Wildman–Crippen LogP) is 5.73. The van der Waals surface area contributed by atoms with Crippen molar-refractivity contribution < 1.29 is 4.74 Å². The molecule has 180 valence electrons. The summed E-state index contributed by atoms with van der Waals surface area (Å²) in [5.41, 5.74) is 0. The van der Waals surface area contributed by atoms with Crippen molar-refractivity contribution >= 4 is 0 Å². The summed E-state index contributed by atoms with van der Waals surface area (Å²) in [6.45, 7) is 37.8. The number of rotatable bonds is 3. The maximum Gasteiger partial charge on any atom is 0.0594 e. The van der Waals surface area contributed by atoms with Gasteiger partial charge in [0.15, 0.2) is 0 Å².